The third kappa shape index (κ3) is 4.06. The van der Waals surface area contributed by atoms with Crippen molar-refractivity contribution in [1.82, 2.24) is 0 Å². The molecule has 0 N–H and O–H groups in total. The zero-order valence-corrected chi connectivity index (χ0v) is 6.03. The second kappa shape index (κ2) is 1.67. The van der Waals surface area contributed by atoms with Crippen LogP contribution in [0.3, 0.4) is 0 Å². The van der Waals surface area contributed by atoms with Crippen LogP contribution in [0.2, 0.25) is 4.89 Å². The Morgan fingerprint density at radius 3 is 1.50 bits per heavy atom. The van der Waals surface area contributed by atoms with Gasteiger partial charge >= 0.3 is 37.6 Å². The maximum atomic E-state index is 9.56. The van der Waals surface area contributed by atoms with Crippen molar-refractivity contribution in [1.29, 1.82) is 0 Å². The topological polar surface area (TPSA) is 51.2 Å². The first kappa shape index (κ1) is 6.06. The third-order valence-corrected chi connectivity index (χ3v) is 2.68. The van der Waals surface area contributed by atoms with E-state index in [-0.39, 0.29) is 4.89 Å². The molecule has 0 aliphatic carbocycles. The van der Waals surface area contributed by atoms with Crippen LogP contribution >= 0.6 is 0 Å². The molecule has 0 aromatic carbocycles. The van der Waals surface area contributed by atoms with E-state index in [1.54, 1.807) is 0 Å². The molecule has 0 spiro atoms. The first-order valence-electron chi connectivity index (χ1n) is 1.44. The molecule has 4 heteroatoms. The Labute approximate surface area is 38.3 Å². The summed E-state index contributed by atoms with van der Waals surface area (Å²) in [6.07, 6.45) is 0. The van der Waals surface area contributed by atoms with Crippen molar-refractivity contribution in [2.24, 2.45) is 0 Å². The summed E-state index contributed by atoms with van der Waals surface area (Å²) < 4.78 is 28.7. The van der Waals surface area contributed by atoms with Crippen LogP contribution in [-0.4, -0.2) is 0 Å². The van der Waals surface area contributed by atoms with Crippen molar-refractivity contribution in [3.63, 3.8) is 0 Å². The molecule has 3 nitrogen and oxygen atoms in total. The van der Waals surface area contributed by atoms with E-state index in [2.05, 4.69) is 0 Å². The fraction of sp³-hybridized carbons (Fsp3) is 1.00. The average Bonchev–Trinajstić information content (AvgIpc) is 1.35. The van der Waals surface area contributed by atoms with Crippen molar-refractivity contribution >= 4 is 0 Å². The molecule has 38 valence electrons. The fourth-order valence-corrected chi connectivity index (χ4v) is 0. The Morgan fingerprint density at radius 2 is 1.50 bits per heavy atom. The van der Waals surface area contributed by atoms with Gasteiger partial charge in [-0.2, -0.15) is 0 Å². The predicted octanol–water partition coefficient (Wildman–Crippen LogP) is 0.615. The van der Waals surface area contributed by atoms with Crippen LogP contribution in [0, 0.1) is 0 Å². The second-order valence-electron chi connectivity index (χ2n) is 0.784. The van der Waals surface area contributed by atoms with Crippen molar-refractivity contribution in [2.45, 2.75) is 11.8 Å². The van der Waals surface area contributed by atoms with E-state index >= 15 is 0 Å². The zero-order valence-electron chi connectivity index (χ0n) is 3.31. The quantitative estimate of drug-likeness (QED) is 0.696. The van der Waals surface area contributed by atoms with Crippen LogP contribution in [0.1, 0.15) is 6.92 Å². The molecule has 0 aromatic rings. The normalized spacial score (nSPS) is 11.5. The van der Waals surface area contributed by atoms with E-state index in [1.807, 2.05) is 0 Å². The van der Waals surface area contributed by atoms with Gasteiger partial charge in [0.15, 0.2) is 0 Å². The van der Waals surface area contributed by atoms with Gasteiger partial charge < -0.3 is 0 Å². The van der Waals surface area contributed by atoms with Gasteiger partial charge in [-0.15, -0.1) is 0 Å². The number of hydrogen-bond acceptors (Lipinski definition) is 3. The van der Waals surface area contributed by atoms with Crippen molar-refractivity contribution in [3.05, 3.63) is 0 Å². The molecule has 0 radical (unpaired) electrons. The summed E-state index contributed by atoms with van der Waals surface area (Å²) in [6.45, 7) is 1.36. The summed E-state index contributed by atoms with van der Waals surface area (Å²) >= 11 is -4.91. The monoisotopic (exact) mass is 264 g/mol. The van der Waals surface area contributed by atoms with Gasteiger partial charge in [0.05, 0.1) is 0 Å². The summed E-state index contributed by atoms with van der Waals surface area (Å²) in [5.74, 6) is 0. The van der Waals surface area contributed by atoms with E-state index < -0.39 is 15.4 Å². The van der Waals surface area contributed by atoms with Gasteiger partial charge in [-0.1, -0.05) is 0 Å². The molecule has 0 heterocycles. The van der Waals surface area contributed by atoms with E-state index in [4.69, 9.17) is 0 Å². The molecule has 0 saturated heterocycles. The molecule has 0 aliphatic rings. The Bertz CT molecular complexity index is 142. The van der Waals surface area contributed by atoms with Crippen LogP contribution in [0.15, 0.2) is 0 Å². The Hall–Kier alpha value is 0.0623. The van der Waals surface area contributed by atoms with Crippen LogP contribution in [0.4, 0.5) is 0 Å². The van der Waals surface area contributed by atoms with Crippen molar-refractivity contribution < 1.29 is 25.8 Å². The van der Waals surface area contributed by atoms with Crippen LogP contribution in [-0.2, 0) is 25.8 Å². The molecule has 6 heavy (non-hydrogen) atoms. The van der Waals surface area contributed by atoms with E-state index in [9.17, 15) is 10.4 Å². The minimum atomic E-state index is -4.91. The first-order valence-corrected chi connectivity index (χ1v) is 6.68. The molecule has 0 atom stereocenters. The van der Waals surface area contributed by atoms with Crippen molar-refractivity contribution in [2.75, 3.05) is 0 Å². The first-order chi connectivity index (χ1) is 2.56. The van der Waals surface area contributed by atoms with E-state index in [1.165, 1.54) is 6.92 Å². The molecule has 0 bridgehead atoms. The van der Waals surface area contributed by atoms with Gasteiger partial charge in [-0.05, 0) is 0 Å². The van der Waals surface area contributed by atoms with Gasteiger partial charge in [0, 0.05) is 0 Å². The van der Waals surface area contributed by atoms with Crippen LogP contribution < -0.4 is 0 Å². The van der Waals surface area contributed by atoms with Gasteiger partial charge in [-0.25, -0.2) is 0 Å². The van der Waals surface area contributed by atoms with Gasteiger partial charge in [0.2, 0.25) is 0 Å². The van der Waals surface area contributed by atoms with Gasteiger partial charge in [0.1, 0.15) is 0 Å². The van der Waals surface area contributed by atoms with Crippen LogP contribution in [0.25, 0.3) is 0 Å². The summed E-state index contributed by atoms with van der Waals surface area (Å²) in [5, 5.41) is 0. The second-order valence-corrected chi connectivity index (χ2v) is 6.41. The fourth-order valence-electron chi connectivity index (χ4n) is 0. The average molecular weight is 263 g/mol. The van der Waals surface area contributed by atoms with Crippen LogP contribution in [0.5, 0.6) is 0 Å². The molecule has 0 saturated carbocycles. The van der Waals surface area contributed by atoms with Gasteiger partial charge in [0.25, 0.3) is 0 Å². The number of rotatable bonds is 1. The minimum absolute atomic E-state index is 0.194. The predicted molar refractivity (Wildman–Crippen MR) is 12.5 cm³/mol. The molecule has 0 aromatic heterocycles. The summed E-state index contributed by atoms with van der Waals surface area (Å²) in [4.78, 5) is -0.194. The zero-order chi connectivity index (χ0) is 5.21. The standard InChI is InChI=1S/C2H5.3O.Re/c1-2;;;;/h1H2,2H3;;;;. The molecule has 0 aliphatic heterocycles. The van der Waals surface area contributed by atoms with Gasteiger partial charge in [-0.3, -0.25) is 0 Å². The van der Waals surface area contributed by atoms with Crippen molar-refractivity contribution in [3.8, 4) is 0 Å². The Kier molecular flexibility index (Phi) is 1.69. The molecular formula is C2H5O3Re. The molecule has 0 unspecified atom stereocenters. The van der Waals surface area contributed by atoms with E-state index in [0.29, 0.717) is 0 Å². The molecule has 0 amide bonds. The molecule has 0 fully saturated rings. The number of hydrogen-bond donors (Lipinski definition) is 0. The molecule has 0 rings (SSSR count). The summed E-state index contributed by atoms with van der Waals surface area (Å²) in [6, 6.07) is 0. The Morgan fingerprint density at radius 1 is 1.33 bits per heavy atom. The maximum absolute atomic E-state index is 9.56. The summed E-state index contributed by atoms with van der Waals surface area (Å²) in [5.41, 5.74) is 0. The van der Waals surface area contributed by atoms with E-state index in [0.717, 1.165) is 0 Å². The SMILES string of the molecule is C[CH2][Re](=[O])(=[O])=[O]. The third-order valence-electron chi connectivity index (χ3n) is 0.327. The Balaban J connectivity index is 4.30. The molecular weight excluding hydrogens is 258 g/mol. The summed E-state index contributed by atoms with van der Waals surface area (Å²) in [7, 11) is 0.